The lowest BCUT2D eigenvalue weighted by Gasteiger charge is -1.97. The summed E-state index contributed by atoms with van der Waals surface area (Å²) in [4.78, 5) is 19.4. The Bertz CT molecular complexity index is 798. The molecule has 0 aliphatic rings. The van der Waals surface area contributed by atoms with E-state index in [1.54, 1.807) is 30.5 Å². The molecule has 0 unspecified atom stereocenters. The fourth-order valence-electron chi connectivity index (χ4n) is 1.87. The highest BCUT2D eigenvalue weighted by Crippen LogP contribution is 2.27. The molecule has 100 valence electrons. The van der Waals surface area contributed by atoms with E-state index in [0.29, 0.717) is 22.6 Å². The SMILES string of the molecule is COC(=O)c1ccc2cc(-c3ccnc(Cl)n3)oc2c1. The zero-order chi connectivity index (χ0) is 14.1. The van der Waals surface area contributed by atoms with Crippen LogP contribution in [-0.2, 0) is 4.74 Å². The van der Waals surface area contributed by atoms with Crippen LogP contribution in [0.3, 0.4) is 0 Å². The molecule has 20 heavy (non-hydrogen) atoms. The first-order valence-electron chi connectivity index (χ1n) is 5.78. The molecule has 0 N–H and O–H groups in total. The van der Waals surface area contributed by atoms with E-state index in [0.717, 1.165) is 5.39 Å². The molecule has 0 aliphatic heterocycles. The summed E-state index contributed by atoms with van der Waals surface area (Å²) in [5.74, 6) is 0.154. The van der Waals surface area contributed by atoms with Crippen molar-refractivity contribution in [3.8, 4) is 11.5 Å². The molecule has 0 fully saturated rings. The van der Waals surface area contributed by atoms with Gasteiger partial charge in [-0.15, -0.1) is 0 Å². The maximum atomic E-state index is 11.5. The molecule has 0 atom stereocenters. The van der Waals surface area contributed by atoms with E-state index in [1.807, 2.05) is 6.07 Å². The number of hydrogen-bond donors (Lipinski definition) is 0. The fraction of sp³-hybridized carbons (Fsp3) is 0.0714. The van der Waals surface area contributed by atoms with E-state index in [2.05, 4.69) is 14.7 Å². The van der Waals surface area contributed by atoms with Crippen LogP contribution in [-0.4, -0.2) is 23.0 Å². The number of aromatic nitrogens is 2. The lowest BCUT2D eigenvalue weighted by molar-refractivity contribution is 0.0601. The smallest absolute Gasteiger partial charge is 0.337 e. The Morgan fingerprint density at radius 3 is 2.90 bits per heavy atom. The molecule has 0 saturated carbocycles. The lowest BCUT2D eigenvalue weighted by Crippen LogP contribution is -1.99. The molecule has 0 bridgehead atoms. The van der Waals surface area contributed by atoms with Crippen molar-refractivity contribution in [1.29, 1.82) is 0 Å². The first-order valence-corrected chi connectivity index (χ1v) is 6.16. The van der Waals surface area contributed by atoms with E-state index in [9.17, 15) is 4.79 Å². The average molecular weight is 289 g/mol. The van der Waals surface area contributed by atoms with Crippen molar-refractivity contribution in [2.45, 2.75) is 0 Å². The number of carbonyl (C=O) groups is 1. The number of esters is 1. The third kappa shape index (κ3) is 2.23. The van der Waals surface area contributed by atoms with Crippen LogP contribution in [0.2, 0.25) is 5.28 Å². The number of nitrogens with zero attached hydrogens (tertiary/aromatic N) is 2. The molecule has 0 saturated heterocycles. The van der Waals surface area contributed by atoms with Gasteiger partial charge in [0.15, 0.2) is 5.76 Å². The van der Waals surface area contributed by atoms with E-state index >= 15 is 0 Å². The van der Waals surface area contributed by atoms with Crippen LogP contribution in [0.1, 0.15) is 10.4 Å². The molecule has 0 radical (unpaired) electrons. The van der Waals surface area contributed by atoms with Gasteiger partial charge in [0, 0.05) is 11.6 Å². The van der Waals surface area contributed by atoms with Crippen LogP contribution in [0.4, 0.5) is 0 Å². The molecule has 0 amide bonds. The normalized spacial score (nSPS) is 10.7. The number of benzene rings is 1. The average Bonchev–Trinajstić information content (AvgIpc) is 2.89. The minimum absolute atomic E-state index is 0.151. The fourth-order valence-corrected chi connectivity index (χ4v) is 2.02. The molecule has 0 spiro atoms. The van der Waals surface area contributed by atoms with Crippen molar-refractivity contribution in [3.63, 3.8) is 0 Å². The first-order chi connectivity index (χ1) is 9.67. The summed E-state index contributed by atoms with van der Waals surface area (Å²) in [6.07, 6.45) is 1.55. The van der Waals surface area contributed by atoms with Crippen LogP contribution >= 0.6 is 11.6 Å². The Balaban J connectivity index is 2.09. The standard InChI is InChI=1S/C14H9ClN2O3/c1-19-13(18)9-3-2-8-6-12(20-11(8)7-9)10-4-5-16-14(15)17-10/h2-7H,1H3. The number of methoxy groups -OCH3 is 1. The van der Waals surface area contributed by atoms with Gasteiger partial charge in [0.05, 0.1) is 12.7 Å². The van der Waals surface area contributed by atoms with Crippen LogP contribution in [0.15, 0.2) is 40.9 Å². The van der Waals surface area contributed by atoms with Gasteiger partial charge < -0.3 is 9.15 Å². The van der Waals surface area contributed by atoms with Gasteiger partial charge >= 0.3 is 5.97 Å². The third-order valence-corrected chi connectivity index (χ3v) is 3.00. The maximum Gasteiger partial charge on any atom is 0.337 e. The summed E-state index contributed by atoms with van der Waals surface area (Å²) >= 11 is 5.75. The van der Waals surface area contributed by atoms with Gasteiger partial charge in [-0.1, -0.05) is 6.07 Å². The lowest BCUT2D eigenvalue weighted by atomic mass is 10.1. The molecule has 2 heterocycles. The van der Waals surface area contributed by atoms with E-state index in [4.69, 9.17) is 16.0 Å². The first kappa shape index (κ1) is 12.6. The predicted molar refractivity (Wildman–Crippen MR) is 73.6 cm³/mol. The molecular weight excluding hydrogens is 280 g/mol. The van der Waals surface area contributed by atoms with Gasteiger partial charge in [0.1, 0.15) is 11.3 Å². The minimum Gasteiger partial charge on any atom is -0.465 e. The second kappa shape index (κ2) is 4.94. The summed E-state index contributed by atoms with van der Waals surface area (Å²) in [6, 6.07) is 8.63. The summed E-state index contributed by atoms with van der Waals surface area (Å²) in [6.45, 7) is 0. The molecule has 1 aromatic carbocycles. The monoisotopic (exact) mass is 288 g/mol. The minimum atomic E-state index is -0.407. The van der Waals surface area contributed by atoms with Gasteiger partial charge in [-0.3, -0.25) is 0 Å². The molecular formula is C14H9ClN2O3. The Morgan fingerprint density at radius 1 is 1.30 bits per heavy atom. The summed E-state index contributed by atoms with van der Waals surface area (Å²) in [5.41, 5.74) is 1.60. The summed E-state index contributed by atoms with van der Waals surface area (Å²) < 4.78 is 10.4. The third-order valence-electron chi connectivity index (χ3n) is 2.82. The molecule has 3 aromatic rings. The van der Waals surface area contributed by atoms with Gasteiger partial charge in [-0.25, -0.2) is 14.8 Å². The second-order valence-corrected chi connectivity index (χ2v) is 4.40. The molecule has 2 aromatic heterocycles. The van der Waals surface area contributed by atoms with Crippen LogP contribution in [0.25, 0.3) is 22.4 Å². The van der Waals surface area contributed by atoms with Crippen LogP contribution in [0.5, 0.6) is 0 Å². The zero-order valence-electron chi connectivity index (χ0n) is 10.5. The van der Waals surface area contributed by atoms with E-state index in [-0.39, 0.29) is 5.28 Å². The van der Waals surface area contributed by atoms with E-state index in [1.165, 1.54) is 7.11 Å². The van der Waals surface area contributed by atoms with E-state index < -0.39 is 5.97 Å². The maximum absolute atomic E-state index is 11.5. The van der Waals surface area contributed by atoms with Gasteiger partial charge in [0.2, 0.25) is 5.28 Å². The van der Waals surface area contributed by atoms with Crippen molar-refractivity contribution in [2.24, 2.45) is 0 Å². The van der Waals surface area contributed by atoms with Crippen molar-refractivity contribution in [2.75, 3.05) is 7.11 Å². The molecule has 6 heteroatoms. The number of fused-ring (bicyclic) bond motifs is 1. The Kier molecular flexibility index (Phi) is 3.12. The summed E-state index contributed by atoms with van der Waals surface area (Å²) in [7, 11) is 1.34. The van der Waals surface area contributed by atoms with Crippen molar-refractivity contribution < 1.29 is 13.9 Å². The molecule has 3 rings (SSSR count). The molecule has 5 nitrogen and oxygen atoms in total. The second-order valence-electron chi connectivity index (χ2n) is 4.07. The van der Waals surface area contributed by atoms with Gasteiger partial charge in [-0.2, -0.15) is 0 Å². The number of carbonyl (C=O) groups excluding carboxylic acids is 1. The van der Waals surface area contributed by atoms with Crippen LogP contribution in [0, 0.1) is 0 Å². The Hall–Kier alpha value is -2.40. The highest BCUT2D eigenvalue weighted by atomic mass is 35.5. The van der Waals surface area contributed by atoms with Gasteiger partial charge in [-0.05, 0) is 35.9 Å². The number of rotatable bonds is 2. The Labute approximate surface area is 119 Å². The highest BCUT2D eigenvalue weighted by Gasteiger charge is 2.11. The predicted octanol–water partition coefficient (Wildman–Crippen LogP) is 3.33. The largest absolute Gasteiger partial charge is 0.465 e. The topological polar surface area (TPSA) is 65.2 Å². The number of halogens is 1. The number of ether oxygens (including phenoxy) is 1. The molecule has 0 aliphatic carbocycles. The van der Waals surface area contributed by atoms with Crippen molar-refractivity contribution in [1.82, 2.24) is 9.97 Å². The Morgan fingerprint density at radius 2 is 2.15 bits per heavy atom. The number of furan rings is 1. The number of hydrogen-bond acceptors (Lipinski definition) is 5. The van der Waals surface area contributed by atoms with Gasteiger partial charge in [0.25, 0.3) is 0 Å². The van der Waals surface area contributed by atoms with Crippen molar-refractivity contribution >= 4 is 28.5 Å². The van der Waals surface area contributed by atoms with Crippen LogP contribution < -0.4 is 0 Å². The zero-order valence-corrected chi connectivity index (χ0v) is 11.2. The quantitative estimate of drug-likeness (QED) is 0.534. The summed E-state index contributed by atoms with van der Waals surface area (Å²) in [5, 5.41) is 1.01. The highest BCUT2D eigenvalue weighted by molar-refractivity contribution is 6.28. The van der Waals surface area contributed by atoms with Crippen molar-refractivity contribution in [3.05, 3.63) is 47.4 Å².